The van der Waals surface area contributed by atoms with Gasteiger partial charge in [0.15, 0.2) is 8.07 Å². The van der Waals surface area contributed by atoms with Gasteiger partial charge in [-0.15, -0.1) is 0 Å². The van der Waals surface area contributed by atoms with Crippen LogP contribution in [-0.2, 0) is 0 Å². The summed E-state index contributed by atoms with van der Waals surface area (Å²) in [7, 11) is -2.78. The predicted octanol–water partition coefficient (Wildman–Crippen LogP) is 9.97. The molecular formula is C54H37N5Si. The van der Waals surface area contributed by atoms with Gasteiger partial charge in [-0.3, -0.25) is 13.5 Å². The minimum absolute atomic E-state index is 0.805. The Bertz CT molecular complexity index is 3440. The quantitative estimate of drug-likeness (QED) is 0.119. The second kappa shape index (κ2) is 13.7. The third kappa shape index (κ3) is 5.11. The second-order valence-corrected chi connectivity index (χ2v) is 19.2. The molecule has 0 atom stereocenters. The smallest absolute Gasteiger partial charge is 0.221 e. The average Bonchev–Trinajstić information content (AvgIpc) is 3.97. The Labute approximate surface area is 347 Å². The molecule has 0 aliphatic heterocycles. The van der Waals surface area contributed by atoms with Crippen molar-refractivity contribution in [1.82, 2.24) is 23.5 Å². The van der Waals surface area contributed by atoms with Crippen molar-refractivity contribution in [3.05, 3.63) is 224 Å². The molecule has 0 aliphatic carbocycles. The van der Waals surface area contributed by atoms with Crippen molar-refractivity contribution in [2.24, 2.45) is 0 Å². The van der Waals surface area contributed by atoms with Crippen molar-refractivity contribution < 1.29 is 0 Å². The van der Waals surface area contributed by atoms with Crippen LogP contribution < -0.4 is 20.7 Å². The summed E-state index contributed by atoms with van der Waals surface area (Å²) in [6.45, 7) is 0. The number of nitrogens with zero attached hydrogens (tertiary/aromatic N) is 5. The van der Waals surface area contributed by atoms with Crippen LogP contribution in [0.3, 0.4) is 0 Å². The molecule has 0 spiro atoms. The first-order valence-corrected chi connectivity index (χ1v) is 22.4. The number of para-hydroxylation sites is 5. The second-order valence-electron chi connectivity index (χ2n) is 15.4. The zero-order valence-electron chi connectivity index (χ0n) is 32.6. The number of benzene rings is 8. The Morgan fingerprint density at radius 1 is 0.317 bits per heavy atom. The van der Waals surface area contributed by atoms with Crippen molar-refractivity contribution in [2.75, 3.05) is 0 Å². The van der Waals surface area contributed by atoms with Crippen LogP contribution in [0.25, 0.3) is 72.4 Å². The van der Waals surface area contributed by atoms with Crippen LogP contribution in [0.2, 0.25) is 0 Å². The standard InChI is InChI=1S/C54H37N5Si/c1-5-19-38(20-6-1)39-35-52(56-53(36-39)59-51-32-18-17-31-50(51)58-49-30-16-14-28-46(49)55-54(58)59)57-47-29-15-13-27-44(47)45-37-43(33-34-48(45)57)60(40-21-7-2-8-22-40,41-23-9-3-10-24-41)42-25-11-4-12-26-42/h1-37H. The number of rotatable bonds is 7. The molecule has 4 aromatic heterocycles. The molecule has 0 radical (unpaired) electrons. The number of hydrogen-bond donors (Lipinski definition) is 0. The minimum atomic E-state index is -2.78. The van der Waals surface area contributed by atoms with Gasteiger partial charge in [0.2, 0.25) is 5.78 Å². The van der Waals surface area contributed by atoms with Gasteiger partial charge in [-0.25, -0.2) is 9.97 Å². The summed E-state index contributed by atoms with van der Waals surface area (Å²) in [6, 6.07) is 81.3. The van der Waals surface area contributed by atoms with E-state index in [1.807, 2.05) is 6.07 Å². The summed E-state index contributed by atoms with van der Waals surface area (Å²) in [6.07, 6.45) is 0. The lowest BCUT2D eigenvalue weighted by molar-refractivity contribution is 0.997. The first-order valence-electron chi connectivity index (χ1n) is 20.4. The fourth-order valence-corrected chi connectivity index (χ4v) is 14.4. The molecule has 8 aromatic carbocycles. The molecular weight excluding hydrogens is 747 g/mol. The summed E-state index contributed by atoms with van der Waals surface area (Å²) in [5.41, 5.74) is 8.56. The molecule has 12 aromatic rings. The van der Waals surface area contributed by atoms with Gasteiger partial charge in [0.05, 0.1) is 33.1 Å². The monoisotopic (exact) mass is 783 g/mol. The van der Waals surface area contributed by atoms with Crippen molar-refractivity contribution in [1.29, 1.82) is 0 Å². The highest BCUT2D eigenvalue weighted by molar-refractivity contribution is 7.20. The van der Waals surface area contributed by atoms with Crippen LogP contribution >= 0.6 is 0 Å². The normalized spacial score (nSPS) is 12.0. The summed E-state index contributed by atoms with van der Waals surface area (Å²) in [4.78, 5) is 10.8. The van der Waals surface area contributed by atoms with Gasteiger partial charge < -0.3 is 0 Å². The summed E-state index contributed by atoms with van der Waals surface area (Å²) in [5.74, 6) is 2.48. The molecule has 0 unspecified atom stereocenters. The Morgan fingerprint density at radius 3 is 1.47 bits per heavy atom. The van der Waals surface area contributed by atoms with Gasteiger partial charge in [0, 0.05) is 10.8 Å². The van der Waals surface area contributed by atoms with Crippen LogP contribution in [0.4, 0.5) is 0 Å². The number of imidazole rings is 2. The SMILES string of the molecule is c1ccc(-c2cc(-n3c4ccccc4c4cc([Si](c5ccccc5)(c5ccccc5)c5ccccc5)ccc43)nc(-n3c4ccccc4n4c5ccccc5nc34)c2)cc1. The largest absolute Gasteiger partial charge is 0.294 e. The highest BCUT2D eigenvalue weighted by Crippen LogP contribution is 2.35. The Hall–Kier alpha value is -7.80. The minimum Gasteiger partial charge on any atom is -0.294 e. The Kier molecular flexibility index (Phi) is 7.80. The van der Waals surface area contributed by atoms with Crippen molar-refractivity contribution in [3.63, 3.8) is 0 Å². The summed E-state index contributed by atoms with van der Waals surface area (Å²) < 4.78 is 6.83. The van der Waals surface area contributed by atoms with Gasteiger partial charge in [0.25, 0.3) is 0 Å². The van der Waals surface area contributed by atoms with Crippen molar-refractivity contribution >= 4 is 78.5 Å². The number of pyridine rings is 1. The molecule has 60 heavy (non-hydrogen) atoms. The first-order chi connectivity index (χ1) is 29.8. The van der Waals surface area contributed by atoms with E-state index in [0.717, 1.165) is 61.6 Å². The maximum Gasteiger partial charge on any atom is 0.221 e. The molecule has 6 heteroatoms. The molecule has 0 saturated heterocycles. The van der Waals surface area contributed by atoms with E-state index in [4.69, 9.17) is 9.97 Å². The van der Waals surface area contributed by atoms with Gasteiger partial charge in [-0.1, -0.05) is 176 Å². The van der Waals surface area contributed by atoms with E-state index in [0.29, 0.717) is 0 Å². The van der Waals surface area contributed by atoms with Crippen molar-refractivity contribution in [3.8, 4) is 22.8 Å². The summed E-state index contributed by atoms with van der Waals surface area (Å²) in [5, 5.41) is 7.77. The Balaban J connectivity index is 1.16. The number of aromatic nitrogens is 5. The van der Waals surface area contributed by atoms with Gasteiger partial charge in [-0.05, 0) is 80.4 Å². The van der Waals surface area contributed by atoms with E-state index in [1.54, 1.807) is 0 Å². The fraction of sp³-hybridized carbons (Fsp3) is 0. The van der Waals surface area contributed by atoms with Crippen LogP contribution in [0.5, 0.6) is 0 Å². The molecule has 0 amide bonds. The predicted molar refractivity (Wildman–Crippen MR) is 251 cm³/mol. The molecule has 0 saturated carbocycles. The average molecular weight is 784 g/mol. The van der Waals surface area contributed by atoms with Gasteiger partial charge in [0.1, 0.15) is 11.6 Å². The number of fused-ring (bicyclic) bond motifs is 8. The van der Waals surface area contributed by atoms with E-state index < -0.39 is 8.07 Å². The third-order valence-electron chi connectivity index (χ3n) is 12.2. The van der Waals surface area contributed by atoms with Crippen LogP contribution in [0.15, 0.2) is 224 Å². The van der Waals surface area contributed by atoms with E-state index in [2.05, 4.69) is 232 Å². The highest BCUT2D eigenvalue weighted by Gasteiger charge is 2.41. The lowest BCUT2D eigenvalue weighted by Gasteiger charge is -2.34. The molecule has 0 fully saturated rings. The molecule has 0 bridgehead atoms. The fourth-order valence-electron chi connectivity index (χ4n) is 9.62. The van der Waals surface area contributed by atoms with Crippen LogP contribution in [0, 0.1) is 0 Å². The first kappa shape index (κ1) is 34.3. The lowest BCUT2D eigenvalue weighted by Crippen LogP contribution is -2.74. The lowest BCUT2D eigenvalue weighted by atomic mass is 10.1. The topological polar surface area (TPSA) is 40.0 Å². The Morgan fingerprint density at radius 2 is 0.817 bits per heavy atom. The van der Waals surface area contributed by atoms with Crippen LogP contribution in [-0.4, -0.2) is 31.6 Å². The zero-order valence-corrected chi connectivity index (χ0v) is 33.6. The number of hydrogen-bond acceptors (Lipinski definition) is 2. The molecule has 282 valence electrons. The van der Waals surface area contributed by atoms with Gasteiger partial charge in [-0.2, -0.15) is 0 Å². The molecule has 12 rings (SSSR count). The van der Waals surface area contributed by atoms with E-state index >= 15 is 0 Å². The highest BCUT2D eigenvalue weighted by atomic mass is 28.3. The van der Waals surface area contributed by atoms with E-state index in [1.165, 1.54) is 31.5 Å². The maximum atomic E-state index is 5.61. The zero-order chi connectivity index (χ0) is 39.6. The van der Waals surface area contributed by atoms with E-state index in [-0.39, 0.29) is 0 Å². The molecule has 5 nitrogen and oxygen atoms in total. The third-order valence-corrected chi connectivity index (χ3v) is 17.0. The van der Waals surface area contributed by atoms with Crippen molar-refractivity contribution in [2.45, 2.75) is 0 Å². The molecule has 4 heterocycles. The maximum absolute atomic E-state index is 5.61. The molecule has 0 N–H and O–H groups in total. The van der Waals surface area contributed by atoms with E-state index in [9.17, 15) is 0 Å². The van der Waals surface area contributed by atoms with Crippen LogP contribution in [0.1, 0.15) is 0 Å². The van der Waals surface area contributed by atoms with Gasteiger partial charge >= 0.3 is 0 Å². The summed E-state index contributed by atoms with van der Waals surface area (Å²) >= 11 is 0. The molecule has 0 aliphatic rings.